The summed E-state index contributed by atoms with van der Waals surface area (Å²) >= 11 is 0. The molecule has 3 aromatic rings. The molecule has 1 N–H and O–H groups in total. The van der Waals surface area contributed by atoms with Crippen molar-refractivity contribution in [2.75, 3.05) is 36.4 Å². The van der Waals surface area contributed by atoms with Crippen LogP contribution in [0.2, 0.25) is 0 Å². The van der Waals surface area contributed by atoms with E-state index in [4.69, 9.17) is 9.72 Å². The van der Waals surface area contributed by atoms with Gasteiger partial charge in [0.2, 0.25) is 5.95 Å². The third kappa shape index (κ3) is 6.39. The molecule has 0 atom stereocenters. The number of hydrogen-bond donors (Lipinski definition) is 1. The summed E-state index contributed by atoms with van der Waals surface area (Å²) in [6, 6.07) is 4.03. The number of carbonyl (C=O) groups excluding carboxylic acids is 2. The maximum Gasteiger partial charge on any atom is 0.410 e. The zero-order valence-electron chi connectivity index (χ0n) is 27.2. The van der Waals surface area contributed by atoms with E-state index in [1.165, 1.54) is 6.92 Å². The first-order chi connectivity index (χ1) is 21.4. The summed E-state index contributed by atoms with van der Waals surface area (Å²) in [7, 11) is 0. The summed E-state index contributed by atoms with van der Waals surface area (Å²) in [5, 5.41) is 3.94. The number of aromatic nitrogens is 4. The Kier molecular flexibility index (Phi) is 8.30. The largest absolute Gasteiger partial charge is 0.444 e. The number of likely N-dealkylation sites (tertiary alicyclic amines) is 1. The molecular formula is C34H45N7O4. The molecule has 0 radical (unpaired) electrons. The van der Waals surface area contributed by atoms with E-state index in [9.17, 15) is 14.4 Å². The van der Waals surface area contributed by atoms with Crippen LogP contribution in [0.3, 0.4) is 0 Å². The van der Waals surface area contributed by atoms with Gasteiger partial charge in [-0.3, -0.25) is 14.2 Å². The van der Waals surface area contributed by atoms with Gasteiger partial charge < -0.3 is 19.9 Å². The van der Waals surface area contributed by atoms with Gasteiger partial charge in [0.1, 0.15) is 17.1 Å². The molecule has 3 fully saturated rings. The van der Waals surface area contributed by atoms with E-state index in [1.807, 2.05) is 37.9 Å². The monoisotopic (exact) mass is 615 g/mol. The predicted octanol–water partition coefficient (Wildman–Crippen LogP) is 6.17. The lowest BCUT2D eigenvalue weighted by Crippen LogP contribution is -2.49. The predicted molar refractivity (Wildman–Crippen MR) is 174 cm³/mol. The van der Waals surface area contributed by atoms with Crippen LogP contribution >= 0.6 is 0 Å². The minimum Gasteiger partial charge on any atom is -0.444 e. The van der Waals surface area contributed by atoms with Crippen LogP contribution < -0.4 is 15.8 Å². The van der Waals surface area contributed by atoms with Crippen molar-refractivity contribution in [2.45, 2.75) is 97.6 Å². The number of nitrogens with zero attached hydrogens (tertiary/aromatic N) is 6. The lowest BCUT2D eigenvalue weighted by Gasteiger charge is -2.47. The van der Waals surface area contributed by atoms with Crippen LogP contribution in [-0.2, 0) is 4.74 Å². The van der Waals surface area contributed by atoms with Gasteiger partial charge in [-0.1, -0.05) is 12.8 Å². The Morgan fingerprint density at radius 2 is 1.64 bits per heavy atom. The second kappa shape index (κ2) is 12.1. The molecule has 0 aromatic carbocycles. The highest BCUT2D eigenvalue weighted by Gasteiger charge is 2.39. The summed E-state index contributed by atoms with van der Waals surface area (Å²) in [6.45, 7) is 12.4. The van der Waals surface area contributed by atoms with Crippen LogP contribution in [0.4, 0.5) is 22.2 Å². The number of pyridine rings is 2. The van der Waals surface area contributed by atoms with Gasteiger partial charge in [0.15, 0.2) is 5.78 Å². The number of carbonyl (C=O) groups is 2. The Labute approximate surface area is 264 Å². The Bertz CT molecular complexity index is 1640. The average Bonchev–Trinajstić information content (AvgIpc) is 3.52. The lowest BCUT2D eigenvalue weighted by atomic mass is 9.71. The summed E-state index contributed by atoms with van der Waals surface area (Å²) in [5.74, 6) is 0.750. The Hall–Kier alpha value is -4.02. The molecule has 2 saturated heterocycles. The van der Waals surface area contributed by atoms with E-state index >= 15 is 0 Å². The average molecular weight is 616 g/mol. The van der Waals surface area contributed by atoms with Gasteiger partial charge in [-0.25, -0.2) is 14.8 Å². The third-order valence-electron chi connectivity index (χ3n) is 9.90. The second-order valence-electron chi connectivity index (χ2n) is 14.1. The first kappa shape index (κ1) is 31.0. The minimum atomic E-state index is -0.473. The summed E-state index contributed by atoms with van der Waals surface area (Å²) in [5.41, 5.74) is 2.03. The molecule has 0 unspecified atom stereocenters. The number of ketones is 1. The topological polar surface area (TPSA) is 123 Å². The molecule has 1 saturated carbocycles. The Balaban J connectivity index is 1.12. The van der Waals surface area contributed by atoms with Gasteiger partial charge in [-0.05, 0) is 96.3 Å². The fourth-order valence-electron chi connectivity index (χ4n) is 7.30. The number of amides is 1. The van der Waals surface area contributed by atoms with Gasteiger partial charge in [-0.2, -0.15) is 4.98 Å². The Morgan fingerprint density at radius 1 is 0.978 bits per heavy atom. The Morgan fingerprint density at radius 3 is 2.24 bits per heavy atom. The van der Waals surface area contributed by atoms with Crippen molar-refractivity contribution in [2.24, 2.45) is 5.41 Å². The fourth-order valence-corrected chi connectivity index (χ4v) is 7.30. The van der Waals surface area contributed by atoms with Crippen LogP contribution in [0, 0.1) is 12.3 Å². The van der Waals surface area contributed by atoms with Crippen molar-refractivity contribution in [3.05, 3.63) is 46.0 Å². The van der Waals surface area contributed by atoms with E-state index in [2.05, 4.69) is 26.3 Å². The number of anilines is 3. The summed E-state index contributed by atoms with van der Waals surface area (Å²) in [6.07, 6.45) is 11.5. The van der Waals surface area contributed by atoms with E-state index in [-0.39, 0.29) is 34.5 Å². The SMILES string of the molecule is CC(=O)c1c(C)c2cnc(Nc3ccc(N4CCC5(CCN(C(=O)OC(C)(C)C)CC5)CC4)cn3)nc2n(C2CCCC2)c1=O. The number of fused-ring (bicyclic) bond motifs is 1. The van der Waals surface area contributed by atoms with Crippen LogP contribution in [0.5, 0.6) is 0 Å². The highest BCUT2D eigenvalue weighted by Crippen LogP contribution is 2.42. The quantitative estimate of drug-likeness (QED) is 0.336. The number of ether oxygens (including phenoxy) is 1. The van der Waals surface area contributed by atoms with Crippen LogP contribution in [-0.4, -0.2) is 68.1 Å². The first-order valence-electron chi connectivity index (χ1n) is 16.3. The van der Waals surface area contributed by atoms with Crippen LogP contribution in [0.25, 0.3) is 11.0 Å². The molecule has 5 heterocycles. The van der Waals surface area contributed by atoms with Gasteiger partial charge in [0.25, 0.3) is 5.56 Å². The number of Topliss-reactive ketones (excluding diaryl/α,β-unsaturated/α-hetero) is 1. The number of nitrogens with one attached hydrogen (secondary N) is 1. The van der Waals surface area contributed by atoms with E-state index in [1.54, 1.807) is 17.7 Å². The number of piperidine rings is 2. The number of aryl methyl sites for hydroxylation is 1. The molecule has 0 bridgehead atoms. The molecule has 11 nitrogen and oxygen atoms in total. The van der Waals surface area contributed by atoms with Gasteiger partial charge >= 0.3 is 6.09 Å². The minimum absolute atomic E-state index is 0.0278. The molecular weight excluding hydrogens is 570 g/mol. The molecule has 6 rings (SSSR count). The standard InChI is InChI=1S/C34H45N7O4/c1-22-26-21-36-31(38-29(26)41(24-8-6-7-9-24)30(43)28(22)23(2)42)37-27-11-10-25(20-35-27)39-16-12-34(13-17-39)14-18-40(19-15-34)32(44)45-33(3,4)5/h10-11,20-21,24H,6-9,12-19H2,1-5H3,(H,35,36,37,38). The number of rotatable bonds is 5. The van der Waals surface area contributed by atoms with Crippen molar-refractivity contribution in [3.8, 4) is 0 Å². The van der Waals surface area contributed by atoms with Crippen molar-refractivity contribution < 1.29 is 14.3 Å². The molecule has 2 aliphatic heterocycles. The van der Waals surface area contributed by atoms with Crippen molar-refractivity contribution in [1.29, 1.82) is 0 Å². The molecule has 3 aliphatic rings. The smallest absolute Gasteiger partial charge is 0.410 e. The van der Waals surface area contributed by atoms with Crippen molar-refractivity contribution in [1.82, 2.24) is 24.4 Å². The van der Waals surface area contributed by atoms with Gasteiger partial charge in [-0.15, -0.1) is 0 Å². The normalized spacial score (nSPS) is 18.9. The summed E-state index contributed by atoms with van der Waals surface area (Å²) in [4.78, 5) is 56.6. The molecule has 1 spiro atoms. The molecule has 240 valence electrons. The highest BCUT2D eigenvalue weighted by molar-refractivity contribution is 5.99. The van der Waals surface area contributed by atoms with Crippen molar-refractivity contribution >= 4 is 40.4 Å². The fraction of sp³-hybridized carbons (Fsp3) is 0.588. The van der Waals surface area contributed by atoms with Crippen molar-refractivity contribution in [3.63, 3.8) is 0 Å². The first-order valence-corrected chi connectivity index (χ1v) is 16.3. The van der Waals surface area contributed by atoms with Gasteiger partial charge in [0, 0.05) is 43.8 Å². The molecule has 1 amide bonds. The summed E-state index contributed by atoms with van der Waals surface area (Å²) < 4.78 is 7.30. The molecule has 1 aliphatic carbocycles. The highest BCUT2D eigenvalue weighted by atomic mass is 16.6. The zero-order valence-corrected chi connectivity index (χ0v) is 27.2. The second-order valence-corrected chi connectivity index (χ2v) is 14.1. The third-order valence-corrected chi connectivity index (χ3v) is 9.90. The van der Waals surface area contributed by atoms with Crippen LogP contribution in [0.15, 0.2) is 29.3 Å². The van der Waals surface area contributed by atoms with E-state index in [0.717, 1.165) is 88.6 Å². The molecule has 45 heavy (non-hydrogen) atoms. The molecule has 11 heteroatoms. The number of hydrogen-bond acceptors (Lipinski definition) is 9. The van der Waals surface area contributed by atoms with Crippen LogP contribution in [0.1, 0.15) is 101 Å². The maximum atomic E-state index is 13.5. The maximum absolute atomic E-state index is 13.5. The molecule has 3 aromatic heterocycles. The zero-order chi connectivity index (χ0) is 31.9. The van der Waals surface area contributed by atoms with Gasteiger partial charge in [0.05, 0.1) is 17.4 Å². The lowest BCUT2D eigenvalue weighted by molar-refractivity contribution is 0.00664. The van der Waals surface area contributed by atoms with E-state index in [0.29, 0.717) is 23.0 Å². The van der Waals surface area contributed by atoms with E-state index < -0.39 is 5.60 Å².